The maximum Gasteiger partial charge on any atom is 0.250 e. The zero-order valence-corrected chi connectivity index (χ0v) is 11.1. The van der Waals surface area contributed by atoms with Crippen LogP contribution in [-0.4, -0.2) is 23.8 Å². The molecule has 5 heteroatoms. The molecule has 0 radical (unpaired) electrons. The van der Waals surface area contributed by atoms with Gasteiger partial charge in [-0.25, -0.2) is 0 Å². The summed E-state index contributed by atoms with van der Waals surface area (Å²) in [5.41, 5.74) is 6.66. The highest BCUT2D eigenvalue weighted by Crippen LogP contribution is 2.36. The van der Waals surface area contributed by atoms with E-state index in [1.165, 1.54) is 0 Å². The molecule has 0 unspecified atom stereocenters. The molecule has 0 aliphatic heterocycles. The molecule has 102 valence electrons. The average molecular weight is 261 g/mol. The fourth-order valence-corrected chi connectivity index (χ4v) is 2.78. The zero-order valence-electron chi connectivity index (χ0n) is 11.1. The highest BCUT2D eigenvalue weighted by molar-refractivity contribution is 5.94. The third kappa shape index (κ3) is 2.92. The predicted octanol–water partition coefficient (Wildman–Crippen LogP) is 1.20. The van der Waals surface area contributed by atoms with Gasteiger partial charge in [0.1, 0.15) is 0 Å². The molecule has 0 saturated heterocycles. The van der Waals surface area contributed by atoms with Crippen LogP contribution >= 0.6 is 0 Å². The number of primary amides is 1. The molecular formula is C14H19N3O2. The first kappa shape index (κ1) is 13.5. The van der Waals surface area contributed by atoms with Crippen LogP contribution in [0.1, 0.15) is 47.7 Å². The van der Waals surface area contributed by atoms with Crippen molar-refractivity contribution in [2.75, 3.05) is 7.05 Å². The normalized spacial score (nSPS) is 22.8. The third-order valence-corrected chi connectivity index (χ3v) is 3.84. The first-order chi connectivity index (χ1) is 9.13. The lowest BCUT2D eigenvalue weighted by Crippen LogP contribution is -2.30. The summed E-state index contributed by atoms with van der Waals surface area (Å²) in [7, 11) is 1.67. The summed E-state index contributed by atoms with van der Waals surface area (Å²) < 4.78 is 0. The van der Waals surface area contributed by atoms with Crippen molar-refractivity contribution in [2.45, 2.75) is 31.6 Å². The maximum absolute atomic E-state index is 11.6. The van der Waals surface area contributed by atoms with Crippen LogP contribution in [0.25, 0.3) is 0 Å². The highest BCUT2D eigenvalue weighted by Gasteiger charge is 2.28. The van der Waals surface area contributed by atoms with Gasteiger partial charge in [-0.2, -0.15) is 0 Å². The Morgan fingerprint density at radius 3 is 2.58 bits per heavy atom. The minimum absolute atomic E-state index is 0.0852. The van der Waals surface area contributed by atoms with E-state index in [4.69, 9.17) is 5.73 Å². The Balaban J connectivity index is 2.10. The van der Waals surface area contributed by atoms with Gasteiger partial charge in [-0.1, -0.05) is 0 Å². The molecule has 19 heavy (non-hydrogen) atoms. The maximum atomic E-state index is 11.6. The van der Waals surface area contributed by atoms with Crippen molar-refractivity contribution in [3.63, 3.8) is 0 Å². The van der Waals surface area contributed by atoms with Crippen LogP contribution in [0, 0.1) is 5.92 Å². The van der Waals surface area contributed by atoms with Gasteiger partial charge in [0, 0.05) is 25.1 Å². The molecule has 5 nitrogen and oxygen atoms in total. The van der Waals surface area contributed by atoms with Crippen LogP contribution in [-0.2, 0) is 4.79 Å². The lowest BCUT2D eigenvalue weighted by Gasteiger charge is -2.27. The minimum atomic E-state index is -0.434. The molecule has 0 aromatic carbocycles. The monoisotopic (exact) mass is 261 g/mol. The number of carbonyl (C=O) groups excluding carboxylic acids is 2. The van der Waals surface area contributed by atoms with Crippen LogP contribution in [0.2, 0.25) is 0 Å². The van der Waals surface area contributed by atoms with Gasteiger partial charge in [0.05, 0.1) is 11.3 Å². The van der Waals surface area contributed by atoms with E-state index >= 15 is 0 Å². The second-order valence-electron chi connectivity index (χ2n) is 4.96. The molecule has 0 atom stereocenters. The number of nitrogens with one attached hydrogen (secondary N) is 1. The fraction of sp³-hybridized carbons (Fsp3) is 0.500. The van der Waals surface area contributed by atoms with E-state index in [1.54, 1.807) is 25.4 Å². The summed E-state index contributed by atoms with van der Waals surface area (Å²) in [5, 5.41) is 2.69. The first-order valence-electron chi connectivity index (χ1n) is 6.59. The summed E-state index contributed by atoms with van der Waals surface area (Å²) in [5.74, 6) is -0.0160. The number of hydrogen-bond acceptors (Lipinski definition) is 3. The van der Waals surface area contributed by atoms with Gasteiger partial charge in [-0.15, -0.1) is 0 Å². The quantitative estimate of drug-likeness (QED) is 0.857. The summed E-state index contributed by atoms with van der Waals surface area (Å²) in [4.78, 5) is 27.3. The molecular weight excluding hydrogens is 242 g/mol. The first-order valence-corrected chi connectivity index (χ1v) is 6.59. The topological polar surface area (TPSA) is 85.1 Å². The van der Waals surface area contributed by atoms with Crippen molar-refractivity contribution in [2.24, 2.45) is 11.7 Å². The number of carbonyl (C=O) groups is 2. The van der Waals surface area contributed by atoms with E-state index in [9.17, 15) is 9.59 Å². The van der Waals surface area contributed by atoms with Crippen molar-refractivity contribution in [1.82, 2.24) is 10.3 Å². The van der Waals surface area contributed by atoms with E-state index in [0.717, 1.165) is 31.4 Å². The van der Waals surface area contributed by atoms with E-state index in [-0.39, 0.29) is 17.7 Å². The molecule has 0 bridgehead atoms. The van der Waals surface area contributed by atoms with Gasteiger partial charge < -0.3 is 11.1 Å². The SMILES string of the molecule is CNC(=O)C1CCC(c2ncccc2C(N)=O)CC1. The standard InChI is InChI=1S/C14H19N3O2/c1-16-14(19)10-6-4-9(5-7-10)12-11(13(15)18)3-2-8-17-12/h2-3,8-10H,4-7H2,1H3,(H2,15,18)(H,16,19). The van der Waals surface area contributed by atoms with Gasteiger partial charge in [0.2, 0.25) is 5.91 Å². The molecule has 1 aliphatic carbocycles. The Labute approximate surface area is 112 Å². The second-order valence-corrected chi connectivity index (χ2v) is 4.96. The summed E-state index contributed by atoms with van der Waals surface area (Å²) in [6.07, 6.45) is 5.09. The predicted molar refractivity (Wildman–Crippen MR) is 71.5 cm³/mol. The highest BCUT2D eigenvalue weighted by atomic mass is 16.2. The summed E-state index contributed by atoms with van der Waals surface area (Å²) in [6, 6.07) is 3.44. The fourth-order valence-electron chi connectivity index (χ4n) is 2.78. The van der Waals surface area contributed by atoms with Gasteiger partial charge in [0.25, 0.3) is 5.91 Å². The van der Waals surface area contributed by atoms with Crippen LogP contribution < -0.4 is 11.1 Å². The zero-order chi connectivity index (χ0) is 13.8. The Morgan fingerprint density at radius 2 is 2.00 bits per heavy atom. The van der Waals surface area contributed by atoms with E-state index in [2.05, 4.69) is 10.3 Å². The largest absolute Gasteiger partial charge is 0.366 e. The molecule has 1 aromatic rings. The van der Waals surface area contributed by atoms with Crippen LogP contribution in [0.15, 0.2) is 18.3 Å². The lowest BCUT2D eigenvalue weighted by molar-refractivity contribution is -0.125. The Hall–Kier alpha value is -1.91. The van der Waals surface area contributed by atoms with E-state index < -0.39 is 5.91 Å². The summed E-state index contributed by atoms with van der Waals surface area (Å²) in [6.45, 7) is 0. The number of nitrogens with zero attached hydrogens (tertiary/aromatic N) is 1. The van der Waals surface area contributed by atoms with Gasteiger partial charge in [-0.3, -0.25) is 14.6 Å². The van der Waals surface area contributed by atoms with Gasteiger partial charge in [0.15, 0.2) is 0 Å². The van der Waals surface area contributed by atoms with Crippen molar-refractivity contribution >= 4 is 11.8 Å². The molecule has 1 heterocycles. The number of amides is 2. The molecule has 1 aliphatic rings. The molecule has 1 saturated carbocycles. The molecule has 2 rings (SSSR count). The van der Waals surface area contributed by atoms with Gasteiger partial charge in [-0.05, 0) is 37.8 Å². The number of pyridine rings is 1. The molecule has 2 amide bonds. The molecule has 1 fully saturated rings. The Morgan fingerprint density at radius 1 is 1.32 bits per heavy atom. The number of nitrogens with two attached hydrogens (primary N) is 1. The van der Waals surface area contributed by atoms with Crippen LogP contribution in [0.5, 0.6) is 0 Å². The number of aromatic nitrogens is 1. The smallest absolute Gasteiger partial charge is 0.250 e. The van der Waals surface area contributed by atoms with Gasteiger partial charge >= 0.3 is 0 Å². The summed E-state index contributed by atoms with van der Waals surface area (Å²) >= 11 is 0. The molecule has 0 spiro atoms. The van der Waals surface area contributed by atoms with Crippen molar-refractivity contribution in [1.29, 1.82) is 0 Å². The number of hydrogen-bond donors (Lipinski definition) is 2. The van der Waals surface area contributed by atoms with Crippen molar-refractivity contribution in [3.05, 3.63) is 29.6 Å². The van der Waals surface area contributed by atoms with E-state index in [0.29, 0.717) is 5.56 Å². The van der Waals surface area contributed by atoms with Crippen LogP contribution in [0.4, 0.5) is 0 Å². The Bertz CT molecular complexity index is 479. The van der Waals surface area contributed by atoms with E-state index in [1.807, 2.05) is 0 Å². The molecule has 1 aromatic heterocycles. The third-order valence-electron chi connectivity index (χ3n) is 3.84. The average Bonchev–Trinajstić information content (AvgIpc) is 2.46. The lowest BCUT2D eigenvalue weighted by atomic mass is 9.79. The Kier molecular flexibility index (Phi) is 4.14. The molecule has 3 N–H and O–H groups in total. The van der Waals surface area contributed by atoms with Crippen molar-refractivity contribution < 1.29 is 9.59 Å². The van der Waals surface area contributed by atoms with Crippen molar-refractivity contribution in [3.8, 4) is 0 Å². The van der Waals surface area contributed by atoms with Crippen LogP contribution in [0.3, 0.4) is 0 Å². The second kappa shape index (κ2) is 5.82. The minimum Gasteiger partial charge on any atom is -0.366 e. The number of rotatable bonds is 3.